The molecule has 0 saturated heterocycles. The van der Waals surface area contributed by atoms with Gasteiger partial charge in [-0.15, -0.1) is 0 Å². The van der Waals surface area contributed by atoms with E-state index in [1.54, 1.807) is 55.5 Å². The number of esters is 1. The Morgan fingerprint density at radius 2 is 1.50 bits per heavy atom. The largest absolute Gasteiger partial charge is 0.461 e. The van der Waals surface area contributed by atoms with Crippen LogP contribution in [0.3, 0.4) is 0 Å². The van der Waals surface area contributed by atoms with E-state index in [1.807, 2.05) is 12.1 Å². The summed E-state index contributed by atoms with van der Waals surface area (Å²) in [4.78, 5) is 24.0. The third-order valence-corrected chi connectivity index (χ3v) is 2.82. The first kappa shape index (κ1) is 15.4. The molecule has 1 N–H and O–H groups in total. The molecule has 0 unspecified atom stereocenters. The zero-order valence-electron chi connectivity index (χ0n) is 12.2. The van der Waals surface area contributed by atoms with Crippen LogP contribution in [0.1, 0.15) is 22.8 Å². The maximum absolute atomic E-state index is 12.0. The molecular weight excluding hydrogens is 280 g/mol. The van der Waals surface area contributed by atoms with E-state index in [2.05, 4.69) is 10.5 Å². The van der Waals surface area contributed by atoms with E-state index in [-0.39, 0.29) is 12.3 Å². The highest BCUT2D eigenvalue weighted by Crippen LogP contribution is 2.04. The molecule has 0 aromatic heterocycles. The first-order chi connectivity index (χ1) is 10.7. The van der Waals surface area contributed by atoms with Gasteiger partial charge >= 0.3 is 5.97 Å². The zero-order chi connectivity index (χ0) is 15.8. The molecule has 2 aromatic carbocycles. The van der Waals surface area contributed by atoms with Gasteiger partial charge in [-0.05, 0) is 19.1 Å². The molecule has 0 aliphatic heterocycles. The van der Waals surface area contributed by atoms with Gasteiger partial charge in [-0.25, -0.2) is 10.2 Å². The van der Waals surface area contributed by atoms with Crippen molar-refractivity contribution >= 4 is 17.6 Å². The fourth-order valence-corrected chi connectivity index (χ4v) is 1.78. The molecule has 2 rings (SSSR count). The van der Waals surface area contributed by atoms with Gasteiger partial charge in [-0.2, -0.15) is 5.10 Å². The number of ether oxygens (including phenoxy) is 1. The summed E-state index contributed by atoms with van der Waals surface area (Å²) >= 11 is 0. The number of hydrogen-bond donors (Lipinski definition) is 1. The third kappa shape index (κ3) is 4.02. The standard InChI is InChI=1S/C17H16N2O3/c1-2-22-17(21)15(13-9-5-3-6-10-13)18-19-16(20)14-11-7-4-8-12-14/h3-12H,2H2,1H3,(H,19,20)/b18-15+. The second kappa shape index (κ2) is 7.73. The fraction of sp³-hybridized carbons (Fsp3) is 0.118. The highest BCUT2D eigenvalue weighted by molar-refractivity contribution is 6.43. The Bertz CT molecular complexity index is 667. The lowest BCUT2D eigenvalue weighted by Crippen LogP contribution is -2.25. The number of carbonyl (C=O) groups is 2. The van der Waals surface area contributed by atoms with E-state index in [0.717, 1.165) is 0 Å². The van der Waals surface area contributed by atoms with Crippen LogP contribution in [-0.4, -0.2) is 24.2 Å². The van der Waals surface area contributed by atoms with Gasteiger partial charge < -0.3 is 4.74 Å². The summed E-state index contributed by atoms with van der Waals surface area (Å²) in [5.74, 6) is -0.972. The smallest absolute Gasteiger partial charge is 0.359 e. The molecule has 2 aromatic rings. The van der Waals surface area contributed by atoms with Crippen LogP contribution in [0, 0.1) is 0 Å². The van der Waals surface area contributed by atoms with Gasteiger partial charge in [-0.3, -0.25) is 4.79 Å². The Morgan fingerprint density at radius 1 is 0.955 bits per heavy atom. The maximum Gasteiger partial charge on any atom is 0.359 e. The monoisotopic (exact) mass is 296 g/mol. The number of amides is 1. The van der Waals surface area contributed by atoms with Crippen molar-refractivity contribution in [1.82, 2.24) is 5.43 Å². The number of nitrogens with one attached hydrogen (secondary N) is 1. The van der Waals surface area contributed by atoms with Crippen molar-refractivity contribution in [3.63, 3.8) is 0 Å². The van der Waals surface area contributed by atoms with Crippen molar-refractivity contribution < 1.29 is 14.3 Å². The molecule has 0 aliphatic carbocycles. The highest BCUT2D eigenvalue weighted by Gasteiger charge is 2.16. The van der Waals surface area contributed by atoms with Crippen molar-refractivity contribution in [3.8, 4) is 0 Å². The molecule has 0 spiro atoms. The number of hydrogen-bond acceptors (Lipinski definition) is 4. The minimum Gasteiger partial charge on any atom is -0.461 e. The summed E-state index contributed by atoms with van der Waals surface area (Å²) in [5.41, 5.74) is 3.49. The van der Waals surface area contributed by atoms with Crippen molar-refractivity contribution in [2.45, 2.75) is 6.92 Å². The molecular formula is C17H16N2O3. The van der Waals surface area contributed by atoms with E-state index < -0.39 is 11.9 Å². The fourth-order valence-electron chi connectivity index (χ4n) is 1.78. The molecule has 112 valence electrons. The van der Waals surface area contributed by atoms with Crippen LogP contribution >= 0.6 is 0 Å². The van der Waals surface area contributed by atoms with Crippen LogP contribution in [0.25, 0.3) is 0 Å². The van der Waals surface area contributed by atoms with Gasteiger partial charge in [0.25, 0.3) is 5.91 Å². The molecule has 0 aliphatic rings. The van der Waals surface area contributed by atoms with Gasteiger partial charge in [0.15, 0.2) is 5.71 Å². The van der Waals surface area contributed by atoms with Gasteiger partial charge in [0.05, 0.1) is 6.61 Å². The van der Waals surface area contributed by atoms with Gasteiger partial charge in [-0.1, -0.05) is 48.5 Å². The summed E-state index contributed by atoms with van der Waals surface area (Å²) in [7, 11) is 0. The number of benzene rings is 2. The van der Waals surface area contributed by atoms with Crippen molar-refractivity contribution in [2.75, 3.05) is 6.61 Å². The summed E-state index contributed by atoms with van der Waals surface area (Å²) in [6.07, 6.45) is 0. The second-order valence-electron chi connectivity index (χ2n) is 4.35. The Labute approximate surface area is 128 Å². The molecule has 5 nitrogen and oxygen atoms in total. The Morgan fingerprint density at radius 3 is 2.05 bits per heavy atom. The predicted octanol–water partition coefficient (Wildman–Crippen LogP) is 2.38. The first-order valence-corrected chi connectivity index (χ1v) is 6.88. The normalized spacial score (nSPS) is 10.9. The topological polar surface area (TPSA) is 67.8 Å². The van der Waals surface area contributed by atoms with Gasteiger partial charge in [0, 0.05) is 11.1 Å². The average Bonchev–Trinajstić information content (AvgIpc) is 2.57. The Kier molecular flexibility index (Phi) is 5.43. The van der Waals surface area contributed by atoms with E-state index in [4.69, 9.17) is 4.74 Å². The number of rotatable bonds is 5. The third-order valence-electron chi connectivity index (χ3n) is 2.82. The van der Waals surface area contributed by atoms with E-state index in [0.29, 0.717) is 11.1 Å². The minimum atomic E-state index is -0.581. The Hall–Kier alpha value is -2.95. The highest BCUT2D eigenvalue weighted by atomic mass is 16.5. The van der Waals surface area contributed by atoms with Crippen LogP contribution in [0.2, 0.25) is 0 Å². The summed E-state index contributed by atoms with van der Waals surface area (Å²) in [5, 5.41) is 3.93. The van der Waals surface area contributed by atoms with Crippen molar-refractivity contribution in [2.24, 2.45) is 5.10 Å². The van der Waals surface area contributed by atoms with Crippen LogP contribution in [0.15, 0.2) is 65.8 Å². The van der Waals surface area contributed by atoms with E-state index >= 15 is 0 Å². The minimum absolute atomic E-state index is 0.0618. The van der Waals surface area contributed by atoms with Crippen molar-refractivity contribution in [1.29, 1.82) is 0 Å². The number of hydrazone groups is 1. The van der Waals surface area contributed by atoms with E-state index in [1.165, 1.54) is 0 Å². The van der Waals surface area contributed by atoms with Crippen molar-refractivity contribution in [3.05, 3.63) is 71.8 Å². The molecule has 22 heavy (non-hydrogen) atoms. The zero-order valence-corrected chi connectivity index (χ0v) is 12.2. The van der Waals surface area contributed by atoms with Gasteiger partial charge in [0.1, 0.15) is 0 Å². The molecule has 1 amide bonds. The van der Waals surface area contributed by atoms with Crippen LogP contribution in [-0.2, 0) is 9.53 Å². The lowest BCUT2D eigenvalue weighted by Gasteiger charge is -2.07. The molecule has 0 bridgehead atoms. The average molecular weight is 296 g/mol. The first-order valence-electron chi connectivity index (χ1n) is 6.88. The summed E-state index contributed by atoms with van der Waals surface area (Å²) < 4.78 is 4.98. The molecule has 5 heteroatoms. The molecule has 0 saturated carbocycles. The predicted molar refractivity (Wildman–Crippen MR) is 83.5 cm³/mol. The molecule has 0 atom stereocenters. The molecule has 0 fully saturated rings. The molecule has 0 heterocycles. The summed E-state index contributed by atoms with van der Waals surface area (Å²) in [6.45, 7) is 1.94. The lowest BCUT2D eigenvalue weighted by atomic mass is 10.1. The summed E-state index contributed by atoms with van der Waals surface area (Å²) in [6, 6.07) is 17.5. The number of carbonyl (C=O) groups excluding carboxylic acids is 2. The SMILES string of the molecule is CCOC(=O)/C(=N/NC(=O)c1ccccc1)c1ccccc1. The maximum atomic E-state index is 12.0. The lowest BCUT2D eigenvalue weighted by molar-refractivity contribution is -0.134. The van der Waals surface area contributed by atoms with E-state index in [9.17, 15) is 9.59 Å². The second-order valence-corrected chi connectivity index (χ2v) is 4.35. The quantitative estimate of drug-likeness (QED) is 0.523. The Balaban J connectivity index is 2.22. The van der Waals surface area contributed by atoms with Gasteiger partial charge in [0.2, 0.25) is 0 Å². The van der Waals surface area contributed by atoms with Crippen LogP contribution in [0.4, 0.5) is 0 Å². The number of nitrogens with zero attached hydrogens (tertiary/aromatic N) is 1. The van der Waals surface area contributed by atoms with Crippen LogP contribution in [0.5, 0.6) is 0 Å². The van der Waals surface area contributed by atoms with Crippen LogP contribution < -0.4 is 5.43 Å². The molecule has 0 radical (unpaired) electrons.